The van der Waals surface area contributed by atoms with Crippen LogP contribution in [0.25, 0.3) is 10.2 Å². The molecule has 0 spiro atoms. The third-order valence-electron chi connectivity index (χ3n) is 3.44. The van der Waals surface area contributed by atoms with Gasteiger partial charge in [-0.1, -0.05) is 6.92 Å². The van der Waals surface area contributed by atoms with E-state index in [0.29, 0.717) is 11.3 Å². The Morgan fingerprint density at radius 2 is 1.91 bits per heavy atom. The van der Waals surface area contributed by atoms with Crippen LogP contribution >= 0.6 is 11.3 Å². The first-order valence-corrected chi connectivity index (χ1v) is 9.50. The summed E-state index contributed by atoms with van der Waals surface area (Å²) in [5, 5.41) is 2.79. The molecular formula is C16H14N2O3S2. The molecule has 3 rings (SSSR count). The second-order valence-electron chi connectivity index (χ2n) is 4.92. The van der Waals surface area contributed by atoms with Gasteiger partial charge in [-0.2, -0.15) is 0 Å². The van der Waals surface area contributed by atoms with Crippen LogP contribution in [0.2, 0.25) is 0 Å². The average molecular weight is 346 g/mol. The van der Waals surface area contributed by atoms with Crippen molar-refractivity contribution in [3.05, 3.63) is 53.5 Å². The maximum absolute atomic E-state index is 12.2. The number of fused-ring (bicyclic) bond motifs is 1. The van der Waals surface area contributed by atoms with Crippen LogP contribution in [0.15, 0.2) is 52.9 Å². The van der Waals surface area contributed by atoms with Gasteiger partial charge in [-0.3, -0.25) is 4.79 Å². The summed E-state index contributed by atoms with van der Waals surface area (Å²) in [6.45, 7) is 1.59. The molecule has 1 heterocycles. The van der Waals surface area contributed by atoms with Crippen molar-refractivity contribution in [2.24, 2.45) is 0 Å². The van der Waals surface area contributed by atoms with Gasteiger partial charge in [0.15, 0.2) is 9.84 Å². The number of nitrogens with zero attached hydrogens (tertiary/aromatic N) is 1. The lowest BCUT2D eigenvalue weighted by Crippen LogP contribution is -2.12. The molecule has 1 amide bonds. The van der Waals surface area contributed by atoms with E-state index < -0.39 is 9.84 Å². The predicted octanol–water partition coefficient (Wildman–Crippen LogP) is 3.34. The minimum atomic E-state index is -3.26. The van der Waals surface area contributed by atoms with Gasteiger partial charge in [0.05, 0.1) is 26.4 Å². The van der Waals surface area contributed by atoms with Gasteiger partial charge in [-0.25, -0.2) is 13.4 Å². The lowest BCUT2D eigenvalue weighted by Gasteiger charge is -2.06. The zero-order valence-corrected chi connectivity index (χ0v) is 13.9. The van der Waals surface area contributed by atoms with Crippen LogP contribution in [-0.4, -0.2) is 25.1 Å². The number of hydrogen-bond donors (Lipinski definition) is 1. The van der Waals surface area contributed by atoms with Crippen LogP contribution in [0.5, 0.6) is 0 Å². The maximum Gasteiger partial charge on any atom is 0.255 e. The van der Waals surface area contributed by atoms with E-state index in [2.05, 4.69) is 10.3 Å². The molecule has 2 aromatic carbocycles. The van der Waals surface area contributed by atoms with Crippen molar-refractivity contribution < 1.29 is 13.2 Å². The Morgan fingerprint density at radius 3 is 2.61 bits per heavy atom. The van der Waals surface area contributed by atoms with Gasteiger partial charge >= 0.3 is 0 Å². The summed E-state index contributed by atoms with van der Waals surface area (Å²) in [6.07, 6.45) is 0. The van der Waals surface area contributed by atoms with Crippen molar-refractivity contribution in [3.8, 4) is 0 Å². The lowest BCUT2D eigenvalue weighted by atomic mass is 10.2. The smallest absolute Gasteiger partial charge is 0.255 e. The molecule has 23 heavy (non-hydrogen) atoms. The highest BCUT2D eigenvalue weighted by atomic mass is 32.2. The highest BCUT2D eigenvalue weighted by Gasteiger charge is 2.13. The Labute approximate surface area is 137 Å². The highest BCUT2D eigenvalue weighted by Crippen LogP contribution is 2.22. The summed E-state index contributed by atoms with van der Waals surface area (Å²) in [5.41, 5.74) is 3.64. The predicted molar refractivity (Wildman–Crippen MR) is 91.7 cm³/mol. The topological polar surface area (TPSA) is 76.1 Å². The fourth-order valence-electron chi connectivity index (χ4n) is 2.12. The zero-order valence-electron chi connectivity index (χ0n) is 12.3. The van der Waals surface area contributed by atoms with Crippen molar-refractivity contribution in [2.45, 2.75) is 11.8 Å². The number of hydrogen-bond acceptors (Lipinski definition) is 5. The first kappa shape index (κ1) is 15.6. The number of anilines is 1. The van der Waals surface area contributed by atoms with Gasteiger partial charge in [0.1, 0.15) is 0 Å². The third-order valence-corrected chi connectivity index (χ3v) is 6.00. The maximum atomic E-state index is 12.2. The second kappa shape index (κ2) is 6.10. The standard InChI is InChI=1S/C16H14N2O3S2/c1-2-23(20,21)13-6-3-11(4-7-13)16(19)18-12-5-8-15-14(9-12)17-10-22-15/h3-10H,2H2,1H3,(H,18,19). The van der Waals surface area contributed by atoms with Crippen molar-refractivity contribution in [1.29, 1.82) is 0 Å². The third kappa shape index (κ3) is 3.25. The van der Waals surface area contributed by atoms with Crippen molar-refractivity contribution in [3.63, 3.8) is 0 Å². The average Bonchev–Trinajstić information content (AvgIpc) is 3.02. The summed E-state index contributed by atoms with van der Waals surface area (Å²) in [7, 11) is -3.26. The lowest BCUT2D eigenvalue weighted by molar-refractivity contribution is 0.102. The summed E-state index contributed by atoms with van der Waals surface area (Å²) in [5.74, 6) is -0.258. The number of amides is 1. The normalized spacial score (nSPS) is 11.5. The summed E-state index contributed by atoms with van der Waals surface area (Å²) in [4.78, 5) is 16.7. The molecule has 0 aliphatic carbocycles. The molecule has 5 nitrogen and oxygen atoms in total. The number of nitrogens with one attached hydrogen (secondary N) is 1. The van der Waals surface area contributed by atoms with Gasteiger partial charge in [0.25, 0.3) is 5.91 Å². The van der Waals surface area contributed by atoms with Crippen LogP contribution in [0, 0.1) is 0 Å². The molecule has 0 atom stereocenters. The summed E-state index contributed by atoms with van der Waals surface area (Å²) >= 11 is 1.54. The number of aromatic nitrogens is 1. The van der Waals surface area contributed by atoms with E-state index in [1.165, 1.54) is 35.6 Å². The Hall–Kier alpha value is -2.25. The molecule has 3 aromatic rings. The fraction of sp³-hybridized carbons (Fsp3) is 0.125. The molecule has 0 unspecified atom stereocenters. The van der Waals surface area contributed by atoms with E-state index in [9.17, 15) is 13.2 Å². The van der Waals surface area contributed by atoms with Gasteiger partial charge in [-0.05, 0) is 42.5 Å². The molecule has 1 aromatic heterocycles. The van der Waals surface area contributed by atoms with E-state index in [1.54, 1.807) is 18.5 Å². The quantitative estimate of drug-likeness (QED) is 0.786. The largest absolute Gasteiger partial charge is 0.322 e. The first-order valence-electron chi connectivity index (χ1n) is 6.97. The molecule has 0 aliphatic rings. The van der Waals surface area contributed by atoms with Crippen LogP contribution in [0.3, 0.4) is 0 Å². The molecule has 0 radical (unpaired) electrons. The Balaban J connectivity index is 1.80. The summed E-state index contributed by atoms with van der Waals surface area (Å²) in [6, 6.07) is 11.5. The molecule has 118 valence electrons. The van der Waals surface area contributed by atoms with E-state index in [1.807, 2.05) is 12.1 Å². The van der Waals surface area contributed by atoms with Crippen molar-refractivity contribution >= 4 is 43.0 Å². The fourth-order valence-corrected chi connectivity index (χ4v) is 3.66. The minimum Gasteiger partial charge on any atom is -0.322 e. The summed E-state index contributed by atoms with van der Waals surface area (Å²) < 4.78 is 24.6. The molecule has 0 saturated heterocycles. The number of carbonyl (C=O) groups excluding carboxylic acids is 1. The van der Waals surface area contributed by atoms with E-state index >= 15 is 0 Å². The molecule has 0 bridgehead atoms. The number of thiazole rings is 1. The molecule has 0 fully saturated rings. The zero-order chi connectivity index (χ0) is 16.4. The van der Waals surface area contributed by atoms with Gasteiger partial charge in [0.2, 0.25) is 0 Å². The van der Waals surface area contributed by atoms with Crippen LogP contribution in [0.4, 0.5) is 5.69 Å². The SMILES string of the molecule is CCS(=O)(=O)c1ccc(C(=O)Nc2ccc3scnc3c2)cc1. The molecule has 0 saturated carbocycles. The Kier molecular flexibility index (Phi) is 4.14. The van der Waals surface area contributed by atoms with E-state index in [-0.39, 0.29) is 16.6 Å². The van der Waals surface area contributed by atoms with E-state index in [4.69, 9.17) is 0 Å². The van der Waals surface area contributed by atoms with Crippen molar-refractivity contribution in [2.75, 3.05) is 11.1 Å². The van der Waals surface area contributed by atoms with Gasteiger partial charge < -0.3 is 5.32 Å². The van der Waals surface area contributed by atoms with Crippen LogP contribution < -0.4 is 5.32 Å². The number of carbonyl (C=O) groups is 1. The van der Waals surface area contributed by atoms with Crippen LogP contribution in [0.1, 0.15) is 17.3 Å². The number of benzene rings is 2. The molecular weight excluding hydrogens is 332 g/mol. The van der Waals surface area contributed by atoms with E-state index in [0.717, 1.165) is 10.2 Å². The number of sulfone groups is 1. The first-order chi connectivity index (χ1) is 11.0. The Morgan fingerprint density at radius 1 is 1.17 bits per heavy atom. The number of rotatable bonds is 4. The monoisotopic (exact) mass is 346 g/mol. The van der Waals surface area contributed by atoms with Crippen molar-refractivity contribution in [1.82, 2.24) is 4.98 Å². The molecule has 1 N–H and O–H groups in total. The second-order valence-corrected chi connectivity index (χ2v) is 8.08. The van der Waals surface area contributed by atoms with Gasteiger partial charge in [0, 0.05) is 11.3 Å². The van der Waals surface area contributed by atoms with Gasteiger partial charge in [-0.15, -0.1) is 11.3 Å². The molecule has 7 heteroatoms. The Bertz CT molecular complexity index is 960. The highest BCUT2D eigenvalue weighted by molar-refractivity contribution is 7.91. The molecule has 0 aliphatic heterocycles. The van der Waals surface area contributed by atoms with Crippen LogP contribution in [-0.2, 0) is 9.84 Å². The minimum absolute atomic E-state index is 0.0339.